The van der Waals surface area contributed by atoms with Crippen molar-refractivity contribution in [3.63, 3.8) is 0 Å². The van der Waals surface area contributed by atoms with Gasteiger partial charge in [0.1, 0.15) is 0 Å². The number of hydrogen-bond acceptors (Lipinski definition) is 3. The third-order valence-corrected chi connectivity index (χ3v) is 3.30. The first-order valence-corrected chi connectivity index (χ1v) is 6.41. The van der Waals surface area contributed by atoms with Gasteiger partial charge in [-0.3, -0.25) is 9.69 Å². The zero-order chi connectivity index (χ0) is 13.6. The lowest BCUT2D eigenvalue weighted by atomic mass is 10.0. The first kappa shape index (κ1) is 16.3. The molecular formula is C12H25N3OS. The molecule has 0 rings (SSSR count). The Balaban J connectivity index is 4.25. The van der Waals surface area contributed by atoms with Crippen LogP contribution in [0.1, 0.15) is 40.5 Å². The van der Waals surface area contributed by atoms with E-state index in [1.807, 2.05) is 32.7 Å². The molecule has 0 bridgehead atoms. The summed E-state index contributed by atoms with van der Waals surface area (Å²) in [6.07, 6.45) is 1.54. The molecule has 0 aromatic carbocycles. The predicted molar refractivity (Wildman–Crippen MR) is 76.0 cm³/mol. The van der Waals surface area contributed by atoms with Crippen LogP contribution >= 0.6 is 12.2 Å². The van der Waals surface area contributed by atoms with Crippen molar-refractivity contribution in [2.45, 2.75) is 52.1 Å². The smallest absolute Gasteiger partial charge is 0.237 e. The summed E-state index contributed by atoms with van der Waals surface area (Å²) in [7, 11) is 1.90. The fourth-order valence-corrected chi connectivity index (χ4v) is 1.30. The van der Waals surface area contributed by atoms with E-state index in [9.17, 15) is 4.79 Å². The van der Waals surface area contributed by atoms with Gasteiger partial charge in [-0.25, -0.2) is 0 Å². The molecule has 1 amide bonds. The largest absolute Gasteiger partial charge is 0.393 e. The van der Waals surface area contributed by atoms with Crippen molar-refractivity contribution in [1.29, 1.82) is 0 Å². The highest BCUT2D eigenvalue weighted by Crippen LogP contribution is 2.08. The number of likely N-dealkylation sites (N-methyl/N-ethyl adjacent to an activating group) is 1. The molecule has 17 heavy (non-hydrogen) atoms. The normalized spacial score (nSPS) is 13.5. The topological polar surface area (TPSA) is 58.4 Å². The molecular weight excluding hydrogens is 234 g/mol. The van der Waals surface area contributed by atoms with Gasteiger partial charge in [-0.1, -0.05) is 19.1 Å². The molecule has 1 unspecified atom stereocenters. The molecule has 0 aromatic rings. The summed E-state index contributed by atoms with van der Waals surface area (Å²) in [6.45, 7) is 8.69. The number of nitrogens with two attached hydrogens (primary N) is 1. The zero-order valence-corrected chi connectivity index (χ0v) is 12.4. The minimum absolute atomic E-state index is 0.0438. The van der Waals surface area contributed by atoms with Gasteiger partial charge in [-0.2, -0.15) is 0 Å². The van der Waals surface area contributed by atoms with Gasteiger partial charge in [0.2, 0.25) is 5.91 Å². The highest BCUT2D eigenvalue weighted by molar-refractivity contribution is 7.80. The molecule has 3 N–H and O–H groups in total. The number of rotatable bonds is 7. The SMILES string of the molecule is CCC(C)(C)NC(=O)C(C)N(C)CCC(N)=S. The summed E-state index contributed by atoms with van der Waals surface area (Å²) in [6, 6.07) is -0.171. The summed E-state index contributed by atoms with van der Waals surface area (Å²) in [5.41, 5.74) is 5.29. The number of carbonyl (C=O) groups excluding carboxylic acids is 1. The Morgan fingerprint density at radius 3 is 2.47 bits per heavy atom. The second kappa shape index (κ2) is 6.91. The third-order valence-electron chi connectivity index (χ3n) is 3.10. The van der Waals surface area contributed by atoms with E-state index in [0.29, 0.717) is 18.0 Å². The second-order valence-corrected chi connectivity index (χ2v) is 5.62. The van der Waals surface area contributed by atoms with Gasteiger partial charge in [0.05, 0.1) is 11.0 Å². The molecule has 1 atom stereocenters. The average Bonchev–Trinajstić information content (AvgIpc) is 2.24. The van der Waals surface area contributed by atoms with Crippen LogP contribution in [0, 0.1) is 0 Å². The van der Waals surface area contributed by atoms with Crippen molar-refractivity contribution in [3.05, 3.63) is 0 Å². The van der Waals surface area contributed by atoms with Gasteiger partial charge in [-0.15, -0.1) is 0 Å². The molecule has 0 aliphatic carbocycles. The van der Waals surface area contributed by atoms with Crippen LogP contribution in [0.3, 0.4) is 0 Å². The van der Waals surface area contributed by atoms with Crippen LogP contribution in [0.5, 0.6) is 0 Å². The van der Waals surface area contributed by atoms with Gasteiger partial charge in [0.25, 0.3) is 0 Å². The van der Waals surface area contributed by atoms with Crippen LogP contribution in [-0.4, -0.2) is 41.0 Å². The van der Waals surface area contributed by atoms with Crippen LogP contribution in [0.15, 0.2) is 0 Å². The molecule has 0 aliphatic heterocycles. The number of nitrogens with one attached hydrogen (secondary N) is 1. The van der Waals surface area contributed by atoms with Crippen LogP contribution in [0.4, 0.5) is 0 Å². The van der Waals surface area contributed by atoms with E-state index >= 15 is 0 Å². The number of hydrogen-bond donors (Lipinski definition) is 2. The van der Waals surface area contributed by atoms with Crippen molar-refractivity contribution >= 4 is 23.1 Å². The van der Waals surface area contributed by atoms with Gasteiger partial charge in [0, 0.05) is 18.5 Å². The van der Waals surface area contributed by atoms with E-state index in [2.05, 4.69) is 12.2 Å². The lowest BCUT2D eigenvalue weighted by Crippen LogP contribution is -2.51. The van der Waals surface area contributed by atoms with Gasteiger partial charge in [0.15, 0.2) is 0 Å². The Morgan fingerprint density at radius 1 is 1.53 bits per heavy atom. The summed E-state index contributed by atoms with van der Waals surface area (Å²) in [4.78, 5) is 14.4. The molecule has 0 saturated heterocycles. The molecule has 0 saturated carbocycles. The van der Waals surface area contributed by atoms with Gasteiger partial charge in [-0.05, 0) is 34.2 Å². The summed E-state index contributed by atoms with van der Waals surface area (Å²) >= 11 is 4.82. The Hall–Kier alpha value is -0.680. The molecule has 0 spiro atoms. The maximum atomic E-state index is 12.0. The van der Waals surface area contributed by atoms with Crippen LogP contribution in [0.25, 0.3) is 0 Å². The molecule has 4 nitrogen and oxygen atoms in total. The van der Waals surface area contributed by atoms with Gasteiger partial charge >= 0.3 is 0 Å². The summed E-state index contributed by atoms with van der Waals surface area (Å²) in [5, 5.41) is 3.03. The Kier molecular flexibility index (Phi) is 6.64. The first-order valence-electron chi connectivity index (χ1n) is 6.00. The van der Waals surface area contributed by atoms with Gasteiger partial charge < -0.3 is 11.1 Å². The predicted octanol–water partition coefficient (Wildman–Crippen LogP) is 1.29. The lowest BCUT2D eigenvalue weighted by Gasteiger charge is -2.30. The third kappa shape index (κ3) is 6.58. The number of amides is 1. The van der Waals surface area contributed by atoms with Crippen molar-refractivity contribution in [2.75, 3.05) is 13.6 Å². The minimum atomic E-state index is -0.171. The molecule has 0 aliphatic rings. The Bertz CT molecular complexity index is 279. The fraction of sp³-hybridized carbons (Fsp3) is 0.833. The van der Waals surface area contributed by atoms with E-state index < -0.39 is 0 Å². The number of thiocarbonyl (C=S) groups is 1. The monoisotopic (exact) mass is 259 g/mol. The number of carbonyl (C=O) groups is 1. The van der Waals surface area contributed by atoms with Crippen molar-refractivity contribution in [3.8, 4) is 0 Å². The first-order chi connectivity index (χ1) is 7.69. The van der Waals surface area contributed by atoms with Crippen LogP contribution in [-0.2, 0) is 4.79 Å². The van der Waals surface area contributed by atoms with Crippen molar-refractivity contribution in [2.24, 2.45) is 5.73 Å². The van der Waals surface area contributed by atoms with Crippen LogP contribution in [0.2, 0.25) is 0 Å². The second-order valence-electron chi connectivity index (χ2n) is 5.10. The molecule has 5 heteroatoms. The van der Waals surface area contributed by atoms with Crippen LogP contribution < -0.4 is 11.1 Å². The lowest BCUT2D eigenvalue weighted by molar-refractivity contribution is -0.127. The molecule has 0 heterocycles. The fourth-order valence-electron chi connectivity index (χ4n) is 1.21. The molecule has 0 aromatic heterocycles. The minimum Gasteiger partial charge on any atom is -0.393 e. The van der Waals surface area contributed by atoms with E-state index in [1.54, 1.807) is 0 Å². The maximum Gasteiger partial charge on any atom is 0.237 e. The quantitative estimate of drug-likeness (QED) is 0.676. The maximum absolute atomic E-state index is 12.0. The zero-order valence-electron chi connectivity index (χ0n) is 11.5. The molecule has 100 valence electrons. The Labute approximate surface area is 110 Å². The molecule has 0 radical (unpaired) electrons. The number of nitrogens with zero attached hydrogens (tertiary/aromatic N) is 1. The highest BCUT2D eigenvalue weighted by Gasteiger charge is 2.23. The van der Waals surface area contributed by atoms with Crippen molar-refractivity contribution in [1.82, 2.24) is 10.2 Å². The highest BCUT2D eigenvalue weighted by atomic mass is 32.1. The Morgan fingerprint density at radius 2 is 2.06 bits per heavy atom. The molecule has 0 fully saturated rings. The summed E-state index contributed by atoms with van der Waals surface area (Å²) in [5.74, 6) is 0.0438. The van der Waals surface area contributed by atoms with E-state index in [0.717, 1.165) is 6.42 Å². The van der Waals surface area contributed by atoms with E-state index in [4.69, 9.17) is 18.0 Å². The van der Waals surface area contributed by atoms with Crippen molar-refractivity contribution < 1.29 is 4.79 Å². The van der Waals surface area contributed by atoms with E-state index in [-0.39, 0.29) is 17.5 Å². The van der Waals surface area contributed by atoms with E-state index in [1.165, 1.54) is 0 Å². The summed E-state index contributed by atoms with van der Waals surface area (Å²) < 4.78 is 0. The average molecular weight is 259 g/mol. The standard InChI is InChI=1S/C12H25N3OS/c1-6-12(3,4)14-11(16)9(2)15(5)8-7-10(13)17/h9H,6-8H2,1-5H3,(H2,13,17)(H,14,16).